The van der Waals surface area contributed by atoms with Crippen LogP contribution >= 0.6 is 0 Å². The number of ether oxygens (including phenoxy) is 1. The number of rotatable bonds is 6. The van der Waals surface area contributed by atoms with Crippen molar-refractivity contribution in [3.63, 3.8) is 0 Å². The molecule has 2 aliphatic carbocycles. The van der Waals surface area contributed by atoms with E-state index in [1.54, 1.807) is 19.1 Å². The molecule has 0 bridgehead atoms. The second kappa shape index (κ2) is 8.86. The van der Waals surface area contributed by atoms with Gasteiger partial charge in [0.2, 0.25) is 0 Å². The number of esters is 1. The summed E-state index contributed by atoms with van der Waals surface area (Å²) >= 11 is 0. The van der Waals surface area contributed by atoms with E-state index >= 15 is 0 Å². The molecule has 5 nitrogen and oxygen atoms in total. The Morgan fingerprint density at radius 3 is 2.47 bits per heavy atom. The predicted octanol–water partition coefficient (Wildman–Crippen LogP) is 5.55. The number of allylic oxidation sites excluding steroid dienone is 2. The first-order chi connectivity index (χ1) is 14.9. The van der Waals surface area contributed by atoms with E-state index in [1.807, 2.05) is 25.1 Å². The molecule has 1 fully saturated rings. The first kappa shape index (κ1) is 24.2. The van der Waals surface area contributed by atoms with Gasteiger partial charge in [0.25, 0.3) is 0 Å². The van der Waals surface area contributed by atoms with Crippen LogP contribution < -0.4 is 0 Å². The monoisotopic (exact) mass is 440 g/mol. The van der Waals surface area contributed by atoms with Crippen LogP contribution in [0.1, 0.15) is 77.1 Å². The number of benzene rings is 1. The quantitative estimate of drug-likeness (QED) is 0.344. The first-order valence-electron chi connectivity index (χ1n) is 11.5. The van der Waals surface area contributed by atoms with E-state index in [0.29, 0.717) is 24.8 Å². The number of aliphatic hydroxyl groups excluding tert-OH is 1. The molecule has 0 aliphatic heterocycles. The fourth-order valence-electron chi connectivity index (χ4n) is 6.17. The normalized spacial score (nSPS) is 31.9. The van der Waals surface area contributed by atoms with E-state index < -0.39 is 17.7 Å². The van der Waals surface area contributed by atoms with E-state index in [0.717, 1.165) is 24.0 Å². The minimum atomic E-state index is -0.972. The number of aliphatic carboxylic acids is 1. The Kier molecular flexibility index (Phi) is 6.71. The SMILES string of the molecule is CC(=CC(=O)O)CC[C@@]1(OC(=O)c2ccccc2)C(C)=CC[C@H]2C(C)(C)[C@@H](O)CC[C@@]21C. The summed E-state index contributed by atoms with van der Waals surface area (Å²) in [6.45, 7) is 10.2. The van der Waals surface area contributed by atoms with Crippen molar-refractivity contribution in [2.24, 2.45) is 16.7 Å². The molecule has 0 heterocycles. The fraction of sp³-hybridized carbons (Fsp3) is 0.556. The Labute approximate surface area is 191 Å². The molecule has 0 aromatic heterocycles. The number of carboxylic acids is 1. The van der Waals surface area contributed by atoms with E-state index in [2.05, 4.69) is 26.8 Å². The number of carbonyl (C=O) groups is 2. The molecule has 3 rings (SSSR count). The van der Waals surface area contributed by atoms with Gasteiger partial charge in [-0.2, -0.15) is 0 Å². The van der Waals surface area contributed by atoms with Gasteiger partial charge in [0.15, 0.2) is 0 Å². The molecule has 0 radical (unpaired) electrons. The molecule has 1 aromatic rings. The van der Waals surface area contributed by atoms with E-state index in [4.69, 9.17) is 9.84 Å². The average Bonchev–Trinajstić information content (AvgIpc) is 2.73. The van der Waals surface area contributed by atoms with Crippen LogP contribution in [0.3, 0.4) is 0 Å². The predicted molar refractivity (Wildman–Crippen MR) is 124 cm³/mol. The molecule has 1 aromatic carbocycles. The Morgan fingerprint density at radius 1 is 1.19 bits per heavy atom. The van der Waals surface area contributed by atoms with Gasteiger partial charge in [0.1, 0.15) is 5.60 Å². The second-order valence-corrected chi connectivity index (χ2v) is 10.4. The van der Waals surface area contributed by atoms with Crippen LogP contribution in [0.2, 0.25) is 0 Å². The third-order valence-electron chi connectivity index (χ3n) is 8.20. The number of carbonyl (C=O) groups excluding carboxylic acids is 1. The summed E-state index contributed by atoms with van der Waals surface area (Å²) in [5, 5.41) is 20.0. The number of hydrogen-bond acceptors (Lipinski definition) is 4. The Morgan fingerprint density at radius 2 is 1.84 bits per heavy atom. The highest BCUT2D eigenvalue weighted by Gasteiger charge is 2.63. The minimum absolute atomic E-state index is 0.120. The van der Waals surface area contributed by atoms with Gasteiger partial charge in [-0.15, -0.1) is 0 Å². The Balaban J connectivity index is 2.09. The summed E-state index contributed by atoms with van der Waals surface area (Å²) in [5.41, 5.74) is 0.645. The summed E-state index contributed by atoms with van der Waals surface area (Å²) in [6.07, 6.45) is 6.17. The van der Waals surface area contributed by atoms with Crippen molar-refractivity contribution in [1.82, 2.24) is 0 Å². The lowest BCUT2D eigenvalue weighted by molar-refractivity contribution is -0.180. The van der Waals surface area contributed by atoms with E-state index in [1.165, 1.54) is 6.08 Å². The summed E-state index contributed by atoms with van der Waals surface area (Å²) in [7, 11) is 0. The zero-order chi connectivity index (χ0) is 23.7. The molecule has 0 spiro atoms. The molecule has 0 unspecified atom stereocenters. The van der Waals surface area contributed by atoms with Crippen LogP contribution in [0.5, 0.6) is 0 Å². The van der Waals surface area contributed by atoms with Gasteiger partial charge >= 0.3 is 11.9 Å². The summed E-state index contributed by atoms with van der Waals surface area (Å²) < 4.78 is 6.47. The molecule has 32 heavy (non-hydrogen) atoms. The maximum atomic E-state index is 13.3. The summed E-state index contributed by atoms with van der Waals surface area (Å²) in [5.74, 6) is -1.22. The van der Waals surface area contributed by atoms with Crippen molar-refractivity contribution in [2.45, 2.75) is 78.4 Å². The van der Waals surface area contributed by atoms with Crippen molar-refractivity contribution < 1.29 is 24.5 Å². The fourth-order valence-corrected chi connectivity index (χ4v) is 6.17. The lowest BCUT2D eigenvalue weighted by Gasteiger charge is -2.62. The molecule has 0 saturated heterocycles. The van der Waals surface area contributed by atoms with Crippen molar-refractivity contribution >= 4 is 11.9 Å². The number of aliphatic hydroxyl groups is 1. The molecule has 2 N–H and O–H groups in total. The van der Waals surface area contributed by atoms with Gasteiger partial charge in [0.05, 0.1) is 11.7 Å². The number of fused-ring (bicyclic) bond motifs is 1. The lowest BCUT2D eigenvalue weighted by Crippen LogP contribution is -2.63. The first-order valence-corrected chi connectivity index (χ1v) is 11.5. The van der Waals surface area contributed by atoms with Crippen LogP contribution in [-0.2, 0) is 9.53 Å². The Hall–Kier alpha value is -2.40. The lowest BCUT2D eigenvalue weighted by atomic mass is 9.45. The van der Waals surface area contributed by atoms with Crippen LogP contribution in [0.15, 0.2) is 53.6 Å². The zero-order valence-electron chi connectivity index (χ0n) is 19.9. The van der Waals surface area contributed by atoms with Gasteiger partial charge in [-0.1, -0.05) is 50.6 Å². The highest BCUT2D eigenvalue weighted by Crippen LogP contribution is 2.63. The standard InChI is InChI=1S/C27H36O5/c1-18(17-23(29)30)13-16-27(32-24(31)20-9-7-6-8-10-20)19(2)11-12-21-25(3,4)22(28)14-15-26(21,27)5/h6-11,17,21-22,28H,12-16H2,1-5H3,(H,29,30)/t21-,22-,26-,27+/m0/s1. The topological polar surface area (TPSA) is 83.8 Å². The van der Waals surface area contributed by atoms with Crippen LogP contribution in [0.25, 0.3) is 0 Å². The Bertz CT molecular complexity index is 929. The van der Waals surface area contributed by atoms with Crippen LogP contribution in [-0.4, -0.2) is 33.9 Å². The zero-order valence-corrected chi connectivity index (χ0v) is 19.9. The molecule has 2 aliphatic rings. The number of carboxylic acid groups (broad SMARTS) is 1. The van der Waals surface area contributed by atoms with Gasteiger partial charge < -0.3 is 14.9 Å². The van der Waals surface area contributed by atoms with Crippen LogP contribution in [0.4, 0.5) is 0 Å². The summed E-state index contributed by atoms with van der Waals surface area (Å²) in [4.78, 5) is 24.5. The molecule has 1 saturated carbocycles. The molecular weight excluding hydrogens is 404 g/mol. The third-order valence-corrected chi connectivity index (χ3v) is 8.20. The van der Waals surface area contributed by atoms with Gasteiger partial charge in [-0.05, 0) is 75.0 Å². The van der Waals surface area contributed by atoms with Gasteiger partial charge in [0, 0.05) is 11.5 Å². The number of hydrogen-bond donors (Lipinski definition) is 2. The van der Waals surface area contributed by atoms with Gasteiger partial charge in [-0.3, -0.25) is 0 Å². The smallest absolute Gasteiger partial charge is 0.339 e. The molecule has 5 heteroatoms. The molecule has 0 amide bonds. The molecular formula is C27H36O5. The highest BCUT2D eigenvalue weighted by atomic mass is 16.6. The van der Waals surface area contributed by atoms with Crippen molar-refractivity contribution in [1.29, 1.82) is 0 Å². The van der Waals surface area contributed by atoms with Crippen molar-refractivity contribution in [3.8, 4) is 0 Å². The maximum absolute atomic E-state index is 13.3. The summed E-state index contributed by atoms with van der Waals surface area (Å²) in [6, 6.07) is 9.00. The third kappa shape index (κ3) is 4.15. The minimum Gasteiger partial charge on any atom is -0.478 e. The highest BCUT2D eigenvalue weighted by molar-refractivity contribution is 5.90. The van der Waals surface area contributed by atoms with E-state index in [9.17, 15) is 14.7 Å². The van der Waals surface area contributed by atoms with Gasteiger partial charge in [-0.25, -0.2) is 9.59 Å². The molecule has 174 valence electrons. The van der Waals surface area contributed by atoms with Crippen molar-refractivity contribution in [2.75, 3.05) is 0 Å². The average molecular weight is 441 g/mol. The largest absolute Gasteiger partial charge is 0.478 e. The molecule has 4 atom stereocenters. The van der Waals surface area contributed by atoms with Crippen LogP contribution in [0, 0.1) is 16.7 Å². The second-order valence-electron chi connectivity index (χ2n) is 10.4. The van der Waals surface area contributed by atoms with E-state index in [-0.39, 0.29) is 22.7 Å². The van der Waals surface area contributed by atoms with Crippen molar-refractivity contribution in [3.05, 3.63) is 59.2 Å². The maximum Gasteiger partial charge on any atom is 0.339 e.